The van der Waals surface area contributed by atoms with Gasteiger partial charge in [-0.25, -0.2) is 0 Å². The predicted octanol–water partition coefficient (Wildman–Crippen LogP) is 2.76. The van der Waals surface area contributed by atoms with Crippen LogP contribution in [0.25, 0.3) is 0 Å². The van der Waals surface area contributed by atoms with E-state index in [2.05, 4.69) is 22.4 Å². The van der Waals surface area contributed by atoms with Gasteiger partial charge in [0.2, 0.25) is 5.91 Å². The first-order valence-electron chi connectivity index (χ1n) is 8.95. The zero-order valence-electron chi connectivity index (χ0n) is 15.3. The zero-order chi connectivity index (χ0) is 18.0. The summed E-state index contributed by atoms with van der Waals surface area (Å²) in [4.78, 5) is 29.6. The number of anilines is 1. The lowest BCUT2D eigenvalue weighted by atomic mass is 9.95. The number of nitrogens with one attached hydrogen (secondary N) is 1. The fraction of sp³-hybridized carbons (Fsp3) is 0.500. The molecule has 0 saturated carbocycles. The molecule has 25 heavy (non-hydrogen) atoms. The van der Waals surface area contributed by atoms with Crippen LogP contribution in [0, 0.1) is 5.41 Å². The van der Waals surface area contributed by atoms with Crippen molar-refractivity contribution in [3.63, 3.8) is 0 Å². The average Bonchev–Trinajstić information content (AvgIpc) is 3.25. The standard InChI is InChI=1S/C20H27N3O2/c1-20(2,3)19(25)21-17-9-5-4-8-16(17)18(24)23-13-10-15(14-23)22-11-6-7-12-22/h4-9,15H,10-14H2,1-3H3,(H,21,25)/t15-/m1/s1. The van der Waals surface area contributed by atoms with Gasteiger partial charge in [-0.05, 0) is 18.6 Å². The normalized spacial score (nSPS) is 20.9. The lowest BCUT2D eigenvalue weighted by Gasteiger charge is -2.24. The van der Waals surface area contributed by atoms with Crippen LogP contribution in [0.4, 0.5) is 5.69 Å². The van der Waals surface area contributed by atoms with Crippen LogP contribution in [-0.4, -0.2) is 53.8 Å². The third-order valence-corrected chi connectivity index (χ3v) is 4.90. The van der Waals surface area contributed by atoms with Crippen LogP contribution < -0.4 is 5.32 Å². The quantitative estimate of drug-likeness (QED) is 0.860. The van der Waals surface area contributed by atoms with Crippen LogP contribution in [0.1, 0.15) is 37.6 Å². The second-order valence-corrected chi connectivity index (χ2v) is 7.87. The van der Waals surface area contributed by atoms with E-state index in [-0.39, 0.29) is 11.8 Å². The third-order valence-electron chi connectivity index (χ3n) is 4.90. The molecule has 5 heteroatoms. The Morgan fingerprint density at radius 3 is 2.48 bits per heavy atom. The maximum Gasteiger partial charge on any atom is 0.256 e. The van der Waals surface area contributed by atoms with Gasteiger partial charge < -0.3 is 10.2 Å². The Kier molecular flexibility index (Phi) is 4.95. The van der Waals surface area contributed by atoms with Crippen molar-refractivity contribution < 1.29 is 9.59 Å². The fourth-order valence-electron chi connectivity index (χ4n) is 3.28. The number of carbonyl (C=O) groups is 2. The summed E-state index contributed by atoms with van der Waals surface area (Å²) in [7, 11) is 0. The minimum absolute atomic E-state index is 0.000495. The van der Waals surface area contributed by atoms with Gasteiger partial charge in [0.05, 0.1) is 11.3 Å². The highest BCUT2D eigenvalue weighted by atomic mass is 16.2. The first-order valence-corrected chi connectivity index (χ1v) is 8.95. The molecule has 0 unspecified atom stereocenters. The summed E-state index contributed by atoms with van der Waals surface area (Å²) in [5, 5.41) is 2.91. The average molecular weight is 341 g/mol. The van der Waals surface area contributed by atoms with E-state index in [0.29, 0.717) is 17.3 Å². The second kappa shape index (κ2) is 7.00. The van der Waals surface area contributed by atoms with Gasteiger partial charge in [-0.1, -0.05) is 45.1 Å². The highest BCUT2D eigenvalue weighted by molar-refractivity contribution is 6.04. The van der Waals surface area contributed by atoms with E-state index in [0.717, 1.165) is 32.6 Å². The van der Waals surface area contributed by atoms with E-state index in [1.807, 2.05) is 37.8 Å². The molecule has 2 heterocycles. The minimum Gasteiger partial charge on any atom is -0.337 e. The molecule has 5 nitrogen and oxygen atoms in total. The van der Waals surface area contributed by atoms with Crippen molar-refractivity contribution in [2.24, 2.45) is 5.41 Å². The van der Waals surface area contributed by atoms with E-state index >= 15 is 0 Å². The molecule has 0 radical (unpaired) electrons. The molecular formula is C20H27N3O2. The van der Waals surface area contributed by atoms with E-state index in [9.17, 15) is 9.59 Å². The van der Waals surface area contributed by atoms with Crippen molar-refractivity contribution in [1.82, 2.24) is 9.80 Å². The summed E-state index contributed by atoms with van der Waals surface area (Å²) in [6.45, 7) is 9.06. The van der Waals surface area contributed by atoms with Gasteiger partial charge in [0.1, 0.15) is 0 Å². The molecule has 2 aliphatic rings. The van der Waals surface area contributed by atoms with Crippen LogP contribution in [0.5, 0.6) is 0 Å². The maximum absolute atomic E-state index is 13.0. The largest absolute Gasteiger partial charge is 0.337 e. The molecule has 1 aromatic rings. The van der Waals surface area contributed by atoms with Gasteiger partial charge in [-0.15, -0.1) is 0 Å². The molecule has 134 valence electrons. The Bertz CT molecular complexity index is 682. The van der Waals surface area contributed by atoms with Crippen molar-refractivity contribution in [3.8, 4) is 0 Å². The number of hydrogen-bond donors (Lipinski definition) is 1. The van der Waals surface area contributed by atoms with Gasteiger partial charge in [-0.3, -0.25) is 14.5 Å². The molecule has 1 N–H and O–H groups in total. The molecule has 0 aromatic heterocycles. The van der Waals surface area contributed by atoms with E-state index in [4.69, 9.17) is 0 Å². The molecule has 1 saturated heterocycles. The van der Waals surface area contributed by atoms with Crippen molar-refractivity contribution in [3.05, 3.63) is 42.0 Å². The lowest BCUT2D eigenvalue weighted by Crippen LogP contribution is -2.37. The summed E-state index contributed by atoms with van der Waals surface area (Å²) in [6.07, 6.45) is 5.37. The number of carbonyl (C=O) groups excluding carboxylic acids is 2. The Morgan fingerprint density at radius 2 is 1.80 bits per heavy atom. The van der Waals surface area contributed by atoms with Crippen LogP contribution >= 0.6 is 0 Å². The molecule has 1 atom stereocenters. The topological polar surface area (TPSA) is 52.7 Å². The van der Waals surface area contributed by atoms with Crippen LogP contribution in [0.15, 0.2) is 36.4 Å². The number of nitrogens with zero attached hydrogens (tertiary/aromatic N) is 2. The maximum atomic E-state index is 13.0. The SMILES string of the molecule is CC(C)(C)C(=O)Nc1ccccc1C(=O)N1CC[C@@H](N2CC=CC2)C1. The van der Waals surface area contributed by atoms with Gasteiger partial charge in [0, 0.05) is 37.6 Å². The van der Waals surface area contributed by atoms with Crippen molar-refractivity contribution >= 4 is 17.5 Å². The van der Waals surface area contributed by atoms with Crippen molar-refractivity contribution in [2.45, 2.75) is 33.2 Å². The number of hydrogen-bond acceptors (Lipinski definition) is 3. The monoisotopic (exact) mass is 341 g/mol. The summed E-state index contributed by atoms with van der Waals surface area (Å²) < 4.78 is 0. The first-order chi connectivity index (χ1) is 11.9. The van der Waals surface area contributed by atoms with Crippen molar-refractivity contribution in [2.75, 3.05) is 31.5 Å². The van der Waals surface area contributed by atoms with Gasteiger partial charge >= 0.3 is 0 Å². The zero-order valence-corrected chi connectivity index (χ0v) is 15.3. The van der Waals surface area contributed by atoms with E-state index < -0.39 is 5.41 Å². The number of rotatable bonds is 3. The van der Waals surface area contributed by atoms with Gasteiger partial charge in [0.15, 0.2) is 0 Å². The second-order valence-electron chi connectivity index (χ2n) is 7.87. The molecule has 0 bridgehead atoms. The lowest BCUT2D eigenvalue weighted by molar-refractivity contribution is -0.123. The first kappa shape index (κ1) is 17.7. The van der Waals surface area contributed by atoms with E-state index in [1.54, 1.807) is 12.1 Å². The number of amides is 2. The van der Waals surface area contributed by atoms with Gasteiger partial charge in [0.25, 0.3) is 5.91 Å². The molecule has 2 amide bonds. The smallest absolute Gasteiger partial charge is 0.256 e. The van der Waals surface area contributed by atoms with Crippen LogP contribution in [0.2, 0.25) is 0 Å². The molecule has 1 fully saturated rings. The Morgan fingerprint density at radius 1 is 1.12 bits per heavy atom. The fourth-order valence-corrected chi connectivity index (χ4v) is 3.28. The number of para-hydroxylation sites is 1. The summed E-state index contributed by atoms with van der Waals surface area (Å²) in [5.74, 6) is -0.0883. The molecule has 3 rings (SSSR count). The van der Waals surface area contributed by atoms with Crippen molar-refractivity contribution in [1.29, 1.82) is 0 Å². The summed E-state index contributed by atoms with van der Waals surface area (Å²) in [6, 6.07) is 7.71. The Labute approximate surface area is 149 Å². The van der Waals surface area contributed by atoms with Crippen LogP contribution in [-0.2, 0) is 4.79 Å². The molecule has 1 aromatic carbocycles. The summed E-state index contributed by atoms with van der Waals surface area (Å²) in [5.41, 5.74) is 0.663. The molecule has 0 spiro atoms. The molecular weight excluding hydrogens is 314 g/mol. The minimum atomic E-state index is -0.502. The number of likely N-dealkylation sites (tertiary alicyclic amines) is 1. The molecule has 2 aliphatic heterocycles. The van der Waals surface area contributed by atoms with E-state index in [1.165, 1.54) is 0 Å². The Balaban J connectivity index is 1.71. The predicted molar refractivity (Wildman–Crippen MR) is 99.5 cm³/mol. The summed E-state index contributed by atoms with van der Waals surface area (Å²) >= 11 is 0. The molecule has 0 aliphatic carbocycles. The highest BCUT2D eigenvalue weighted by Crippen LogP contribution is 2.25. The van der Waals surface area contributed by atoms with Crippen LogP contribution in [0.3, 0.4) is 0 Å². The highest BCUT2D eigenvalue weighted by Gasteiger charge is 2.32. The Hall–Kier alpha value is -2.14. The van der Waals surface area contributed by atoms with Gasteiger partial charge in [-0.2, -0.15) is 0 Å². The third kappa shape index (κ3) is 3.93. The number of benzene rings is 1.